The zero-order chi connectivity index (χ0) is 14.1. The van der Waals surface area contributed by atoms with Crippen molar-refractivity contribution in [1.29, 1.82) is 0 Å². The average Bonchev–Trinajstić information content (AvgIpc) is 2.47. The number of hydrogen-bond donors (Lipinski definition) is 1. The molecule has 1 aliphatic rings. The number of benzene rings is 1. The lowest BCUT2D eigenvalue weighted by Gasteiger charge is -2.30. The van der Waals surface area contributed by atoms with Crippen LogP contribution in [0.25, 0.3) is 0 Å². The fraction of sp³-hybridized carbons (Fsp3) is 0.684. The Morgan fingerprint density at radius 3 is 1.95 bits per heavy atom. The molecule has 1 heteroatoms. The SMILES string of the molecule is NC1(CCCc2ccccc2)CCCCCCCCC1. The van der Waals surface area contributed by atoms with Crippen molar-refractivity contribution in [2.24, 2.45) is 5.73 Å². The Morgan fingerprint density at radius 2 is 1.35 bits per heavy atom. The highest BCUT2D eigenvalue weighted by Crippen LogP contribution is 2.27. The Labute approximate surface area is 125 Å². The van der Waals surface area contributed by atoms with Crippen LogP contribution in [-0.4, -0.2) is 5.54 Å². The molecule has 1 aliphatic carbocycles. The number of hydrogen-bond acceptors (Lipinski definition) is 1. The van der Waals surface area contributed by atoms with Crippen molar-refractivity contribution in [2.75, 3.05) is 0 Å². The fourth-order valence-corrected chi connectivity index (χ4v) is 3.50. The van der Waals surface area contributed by atoms with Gasteiger partial charge in [0, 0.05) is 5.54 Å². The Morgan fingerprint density at radius 1 is 0.800 bits per heavy atom. The van der Waals surface area contributed by atoms with E-state index >= 15 is 0 Å². The Balaban J connectivity index is 1.77. The van der Waals surface area contributed by atoms with Gasteiger partial charge in [-0.15, -0.1) is 0 Å². The van der Waals surface area contributed by atoms with Crippen LogP contribution >= 0.6 is 0 Å². The van der Waals surface area contributed by atoms with Crippen molar-refractivity contribution < 1.29 is 0 Å². The highest BCUT2D eigenvalue weighted by Gasteiger charge is 2.23. The van der Waals surface area contributed by atoms with E-state index in [0.29, 0.717) is 0 Å². The predicted molar refractivity (Wildman–Crippen MR) is 87.9 cm³/mol. The van der Waals surface area contributed by atoms with Gasteiger partial charge >= 0.3 is 0 Å². The normalized spacial score (nSPS) is 20.4. The fourth-order valence-electron chi connectivity index (χ4n) is 3.50. The summed E-state index contributed by atoms with van der Waals surface area (Å²) in [6.45, 7) is 0. The smallest absolute Gasteiger partial charge is 0.0154 e. The van der Waals surface area contributed by atoms with Gasteiger partial charge in [0.05, 0.1) is 0 Å². The second kappa shape index (κ2) is 8.46. The van der Waals surface area contributed by atoms with Crippen LogP contribution in [0.2, 0.25) is 0 Å². The summed E-state index contributed by atoms with van der Waals surface area (Å²) in [6, 6.07) is 10.8. The maximum absolute atomic E-state index is 6.71. The minimum absolute atomic E-state index is 0.117. The molecule has 2 rings (SSSR count). The van der Waals surface area contributed by atoms with Crippen LogP contribution in [0.5, 0.6) is 0 Å². The second-order valence-corrected chi connectivity index (χ2v) is 6.68. The molecule has 1 fully saturated rings. The molecule has 1 aromatic rings. The molecule has 0 amide bonds. The molecule has 0 saturated heterocycles. The third-order valence-electron chi connectivity index (χ3n) is 4.83. The van der Waals surface area contributed by atoms with Gasteiger partial charge < -0.3 is 5.73 Å². The minimum atomic E-state index is 0.117. The van der Waals surface area contributed by atoms with Gasteiger partial charge in [-0.3, -0.25) is 0 Å². The summed E-state index contributed by atoms with van der Waals surface area (Å²) in [4.78, 5) is 0. The lowest BCUT2D eigenvalue weighted by atomic mass is 9.82. The van der Waals surface area contributed by atoms with E-state index in [0.717, 1.165) is 0 Å². The Hall–Kier alpha value is -0.820. The van der Waals surface area contributed by atoms with Gasteiger partial charge in [0.25, 0.3) is 0 Å². The topological polar surface area (TPSA) is 26.0 Å². The number of rotatable bonds is 4. The van der Waals surface area contributed by atoms with Crippen LogP contribution in [-0.2, 0) is 6.42 Å². The monoisotopic (exact) mass is 273 g/mol. The van der Waals surface area contributed by atoms with Crippen molar-refractivity contribution >= 4 is 0 Å². The van der Waals surface area contributed by atoms with Crippen molar-refractivity contribution in [3.63, 3.8) is 0 Å². The van der Waals surface area contributed by atoms with E-state index < -0.39 is 0 Å². The third kappa shape index (κ3) is 5.66. The van der Waals surface area contributed by atoms with Crippen LogP contribution < -0.4 is 5.73 Å². The first-order chi connectivity index (χ1) is 9.79. The van der Waals surface area contributed by atoms with Crippen molar-refractivity contribution in [1.82, 2.24) is 0 Å². The van der Waals surface area contributed by atoms with E-state index in [1.807, 2.05) is 0 Å². The Bertz CT molecular complexity index is 347. The molecule has 0 spiro atoms. The summed E-state index contributed by atoms with van der Waals surface area (Å²) in [5, 5.41) is 0. The molecule has 20 heavy (non-hydrogen) atoms. The van der Waals surface area contributed by atoms with E-state index in [2.05, 4.69) is 30.3 Å². The van der Waals surface area contributed by atoms with Gasteiger partial charge in [-0.05, 0) is 37.7 Å². The molecule has 0 radical (unpaired) electrons. The maximum atomic E-state index is 6.71. The molecule has 0 bridgehead atoms. The molecular formula is C19H31N. The van der Waals surface area contributed by atoms with Gasteiger partial charge in [0.2, 0.25) is 0 Å². The molecule has 112 valence electrons. The van der Waals surface area contributed by atoms with Gasteiger partial charge in [-0.2, -0.15) is 0 Å². The second-order valence-electron chi connectivity index (χ2n) is 6.68. The summed E-state index contributed by atoms with van der Waals surface area (Å²) in [7, 11) is 0. The summed E-state index contributed by atoms with van der Waals surface area (Å²) < 4.78 is 0. The number of nitrogens with two attached hydrogens (primary N) is 1. The molecular weight excluding hydrogens is 242 g/mol. The standard InChI is InChI=1S/C19H31N/c20-19(15-9-4-2-1-3-5-10-16-19)17-11-14-18-12-7-6-8-13-18/h6-8,12-13H,1-5,9-11,14-17,20H2. The number of aryl methyl sites for hydroxylation is 1. The van der Waals surface area contributed by atoms with Gasteiger partial charge in [-0.1, -0.05) is 75.3 Å². The quantitative estimate of drug-likeness (QED) is 0.798. The van der Waals surface area contributed by atoms with Gasteiger partial charge in [0.15, 0.2) is 0 Å². The van der Waals surface area contributed by atoms with E-state index in [1.54, 1.807) is 0 Å². The molecule has 0 aliphatic heterocycles. The highest BCUT2D eigenvalue weighted by atomic mass is 14.7. The van der Waals surface area contributed by atoms with E-state index in [-0.39, 0.29) is 5.54 Å². The first-order valence-corrected chi connectivity index (χ1v) is 8.61. The minimum Gasteiger partial charge on any atom is -0.325 e. The van der Waals surface area contributed by atoms with Crippen molar-refractivity contribution in [2.45, 2.75) is 82.6 Å². The zero-order valence-corrected chi connectivity index (χ0v) is 12.9. The summed E-state index contributed by atoms with van der Waals surface area (Å²) in [5.41, 5.74) is 8.28. The zero-order valence-electron chi connectivity index (χ0n) is 12.9. The van der Waals surface area contributed by atoms with Gasteiger partial charge in [-0.25, -0.2) is 0 Å². The van der Waals surface area contributed by atoms with Crippen LogP contribution in [0, 0.1) is 0 Å². The molecule has 1 saturated carbocycles. The van der Waals surface area contributed by atoms with Gasteiger partial charge in [0.1, 0.15) is 0 Å². The predicted octanol–water partition coefficient (Wildman–Crippen LogP) is 5.23. The lowest BCUT2D eigenvalue weighted by molar-refractivity contribution is 0.300. The van der Waals surface area contributed by atoms with Crippen molar-refractivity contribution in [3.8, 4) is 0 Å². The van der Waals surface area contributed by atoms with E-state index in [1.165, 1.54) is 82.6 Å². The van der Waals surface area contributed by atoms with E-state index in [9.17, 15) is 0 Å². The summed E-state index contributed by atoms with van der Waals surface area (Å²) >= 11 is 0. The lowest BCUT2D eigenvalue weighted by Crippen LogP contribution is -2.40. The van der Waals surface area contributed by atoms with Crippen LogP contribution in [0.1, 0.15) is 76.2 Å². The van der Waals surface area contributed by atoms with Crippen LogP contribution in [0.15, 0.2) is 30.3 Å². The maximum Gasteiger partial charge on any atom is 0.0154 e. The molecule has 2 N–H and O–H groups in total. The largest absolute Gasteiger partial charge is 0.325 e. The molecule has 0 atom stereocenters. The highest BCUT2D eigenvalue weighted by molar-refractivity contribution is 5.14. The summed E-state index contributed by atoms with van der Waals surface area (Å²) in [6.07, 6.45) is 15.8. The molecule has 0 unspecified atom stereocenters. The first-order valence-electron chi connectivity index (χ1n) is 8.61. The van der Waals surface area contributed by atoms with Crippen LogP contribution in [0.3, 0.4) is 0 Å². The molecule has 0 heterocycles. The van der Waals surface area contributed by atoms with Crippen molar-refractivity contribution in [3.05, 3.63) is 35.9 Å². The average molecular weight is 273 g/mol. The molecule has 0 aromatic heterocycles. The Kier molecular flexibility index (Phi) is 6.59. The van der Waals surface area contributed by atoms with Crippen LogP contribution in [0.4, 0.5) is 0 Å². The molecule has 1 nitrogen and oxygen atoms in total. The summed E-state index contributed by atoms with van der Waals surface area (Å²) in [5.74, 6) is 0. The van der Waals surface area contributed by atoms with E-state index in [4.69, 9.17) is 5.73 Å². The first kappa shape index (κ1) is 15.6. The molecule has 1 aromatic carbocycles. The third-order valence-corrected chi connectivity index (χ3v) is 4.83.